The lowest BCUT2D eigenvalue weighted by atomic mass is 10.1. The molecular weight excluding hydrogens is 336 g/mol. The lowest BCUT2D eigenvalue weighted by molar-refractivity contribution is 0.293. The van der Waals surface area contributed by atoms with Gasteiger partial charge in [-0.15, -0.1) is 0 Å². The summed E-state index contributed by atoms with van der Waals surface area (Å²) in [6.07, 6.45) is 6.01. The van der Waals surface area contributed by atoms with Gasteiger partial charge in [0.1, 0.15) is 11.5 Å². The van der Waals surface area contributed by atoms with Crippen LogP contribution in [0.5, 0.6) is 11.5 Å². The van der Waals surface area contributed by atoms with Crippen LogP contribution in [0.3, 0.4) is 0 Å². The van der Waals surface area contributed by atoms with E-state index in [4.69, 9.17) is 21.3 Å². The number of hydrogen-bond acceptors (Lipinski definition) is 3. The number of benzene rings is 2. The fraction of sp³-hybridized carbons (Fsp3) is 0.391. The quantitative estimate of drug-likeness (QED) is 0.366. The zero-order chi connectivity index (χ0) is 19.2. The predicted molar refractivity (Wildman–Crippen MR) is 107 cm³/mol. The molecule has 0 saturated carbocycles. The minimum atomic E-state index is 0.427. The van der Waals surface area contributed by atoms with Crippen LogP contribution in [0.2, 0.25) is 0 Å². The van der Waals surface area contributed by atoms with Crippen LogP contribution in [0.4, 0.5) is 0 Å². The van der Waals surface area contributed by atoms with Gasteiger partial charge in [0.15, 0.2) is 0 Å². The van der Waals surface area contributed by atoms with E-state index in [1.807, 2.05) is 48.5 Å². The minimum Gasteiger partial charge on any atom is -0.494 e. The van der Waals surface area contributed by atoms with Crippen molar-refractivity contribution in [1.82, 2.24) is 0 Å². The minimum absolute atomic E-state index is 0.427. The third-order valence-corrected chi connectivity index (χ3v) is 4.22. The molecule has 4 heteroatoms. The van der Waals surface area contributed by atoms with Gasteiger partial charge in [-0.2, -0.15) is 5.26 Å². The van der Waals surface area contributed by atoms with Crippen molar-refractivity contribution in [2.75, 3.05) is 13.2 Å². The topological polar surface area (TPSA) is 46.6 Å². The van der Waals surface area contributed by atoms with Crippen LogP contribution >= 0.6 is 0 Å². The van der Waals surface area contributed by atoms with Crippen LogP contribution in [0.1, 0.15) is 43.2 Å². The first-order valence-electron chi connectivity index (χ1n) is 9.45. The summed E-state index contributed by atoms with van der Waals surface area (Å²) in [6, 6.07) is 17.6. The fourth-order valence-electron chi connectivity index (χ4n) is 2.69. The van der Waals surface area contributed by atoms with E-state index < -0.39 is 0 Å². The molecule has 4 nitrogen and oxygen atoms in total. The Morgan fingerprint density at radius 1 is 0.741 bits per heavy atom. The largest absolute Gasteiger partial charge is 0.494 e. The molecule has 0 fully saturated rings. The third-order valence-electron chi connectivity index (χ3n) is 4.22. The molecular formula is C23H26N2O2. The number of nitriles is 1. The zero-order valence-electron chi connectivity index (χ0n) is 15.7. The molecule has 0 unspecified atom stereocenters. The standard InChI is InChI=1S/C23H26N2O2/c1-25-19-21-9-13-23(14-10-21)27-18-6-4-2-3-5-17-26-22-11-7-20(8-12-22)15-16-24/h7-14H,2-6,15,17-19H2. The van der Waals surface area contributed by atoms with Gasteiger partial charge in [0.25, 0.3) is 0 Å². The summed E-state index contributed by atoms with van der Waals surface area (Å²) < 4.78 is 11.5. The molecule has 0 aromatic heterocycles. The maximum atomic E-state index is 8.65. The monoisotopic (exact) mass is 362 g/mol. The van der Waals surface area contributed by atoms with Gasteiger partial charge >= 0.3 is 0 Å². The second-order valence-corrected chi connectivity index (χ2v) is 6.40. The highest BCUT2D eigenvalue weighted by atomic mass is 16.5. The highest BCUT2D eigenvalue weighted by Crippen LogP contribution is 2.15. The van der Waals surface area contributed by atoms with E-state index in [1.165, 1.54) is 6.42 Å². The van der Waals surface area contributed by atoms with E-state index >= 15 is 0 Å². The molecule has 2 aromatic carbocycles. The van der Waals surface area contributed by atoms with Gasteiger partial charge in [-0.1, -0.05) is 31.4 Å². The average molecular weight is 362 g/mol. The number of ether oxygens (including phenoxy) is 2. The molecule has 27 heavy (non-hydrogen) atoms. The Balaban J connectivity index is 1.46. The van der Waals surface area contributed by atoms with Crippen LogP contribution < -0.4 is 9.47 Å². The molecule has 0 atom stereocenters. The Morgan fingerprint density at radius 2 is 1.22 bits per heavy atom. The van der Waals surface area contributed by atoms with Gasteiger partial charge in [0.2, 0.25) is 6.54 Å². The number of unbranched alkanes of at least 4 members (excludes halogenated alkanes) is 4. The fourth-order valence-corrected chi connectivity index (χ4v) is 2.69. The first kappa shape index (κ1) is 20.3. The normalized spacial score (nSPS) is 10.0. The van der Waals surface area contributed by atoms with Crippen LogP contribution in [-0.2, 0) is 13.0 Å². The van der Waals surface area contributed by atoms with Gasteiger partial charge in [0.05, 0.1) is 25.7 Å². The van der Waals surface area contributed by atoms with Crippen molar-refractivity contribution in [2.45, 2.75) is 45.1 Å². The molecule has 0 radical (unpaired) electrons. The van der Waals surface area contributed by atoms with Crippen LogP contribution in [0.25, 0.3) is 4.85 Å². The molecule has 0 spiro atoms. The van der Waals surface area contributed by atoms with Crippen molar-refractivity contribution in [1.29, 1.82) is 5.26 Å². The average Bonchev–Trinajstić information content (AvgIpc) is 2.69. The molecule has 0 aliphatic heterocycles. The van der Waals surface area contributed by atoms with Gasteiger partial charge in [0, 0.05) is 5.56 Å². The van der Waals surface area contributed by atoms with E-state index in [1.54, 1.807) is 0 Å². The van der Waals surface area contributed by atoms with E-state index in [2.05, 4.69) is 10.9 Å². The molecule has 0 aliphatic carbocycles. The predicted octanol–water partition coefficient (Wildman–Crippen LogP) is 5.58. The Labute approximate surface area is 162 Å². The lowest BCUT2D eigenvalue weighted by Gasteiger charge is -2.07. The van der Waals surface area contributed by atoms with E-state index in [-0.39, 0.29) is 0 Å². The molecule has 0 heterocycles. The van der Waals surface area contributed by atoms with Crippen molar-refractivity contribution in [3.05, 3.63) is 71.1 Å². The summed E-state index contributed by atoms with van der Waals surface area (Å²) >= 11 is 0. The lowest BCUT2D eigenvalue weighted by Crippen LogP contribution is -1.99. The van der Waals surface area contributed by atoms with Gasteiger partial charge in [-0.25, -0.2) is 6.57 Å². The zero-order valence-corrected chi connectivity index (χ0v) is 15.7. The Morgan fingerprint density at radius 3 is 1.70 bits per heavy atom. The highest BCUT2D eigenvalue weighted by molar-refractivity contribution is 5.29. The maximum absolute atomic E-state index is 8.65. The maximum Gasteiger partial charge on any atom is 0.239 e. The second kappa shape index (κ2) is 12.4. The summed E-state index contributed by atoms with van der Waals surface area (Å²) in [4.78, 5) is 3.37. The molecule has 0 amide bonds. The highest BCUT2D eigenvalue weighted by Gasteiger charge is 1.98. The van der Waals surface area contributed by atoms with Crippen molar-refractivity contribution in [2.24, 2.45) is 0 Å². The Kier molecular flexibility index (Phi) is 9.33. The van der Waals surface area contributed by atoms with Crippen molar-refractivity contribution < 1.29 is 9.47 Å². The molecule has 2 aromatic rings. The first-order chi connectivity index (χ1) is 13.3. The second-order valence-electron chi connectivity index (χ2n) is 6.40. The van der Waals surface area contributed by atoms with Gasteiger partial charge in [-0.3, -0.25) is 0 Å². The van der Waals surface area contributed by atoms with E-state index in [0.29, 0.717) is 13.0 Å². The van der Waals surface area contributed by atoms with E-state index in [0.717, 1.165) is 61.5 Å². The van der Waals surface area contributed by atoms with Crippen LogP contribution in [0, 0.1) is 17.9 Å². The molecule has 0 N–H and O–H groups in total. The number of rotatable bonds is 12. The van der Waals surface area contributed by atoms with Crippen molar-refractivity contribution in [3.8, 4) is 17.6 Å². The SMILES string of the molecule is [C-]#[N+]Cc1ccc(OCCCCCCCOc2ccc(CC#N)cc2)cc1. The van der Waals surface area contributed by atoms with Crippen molar-refractivity contribution in [3.63, 3.8) is 0 Å². The number of hydrogen-bond donors (Lipinski definition) is 0. The molecule has 2 rings (SSSR count). The number of nitrogens with zero attached hydrogens (tertiary/aromatic N) is 2. The van der Waals surface area contributed by atoms with Crippen LogP contribution in [0.15, 0.2) is 48.5 Å². The summed E-state index contributed by atoms with van der Waals surface area (Å²) in [7, 11) is 0. The summed E-state index contributed by atoms with van der Waals surface area (Å²) in [5.41, 5.74) is 2.05. The molecule has 140 valence electrons. The van der Waals surface area contributed by atoms with E-state index in [9.17, 15) is 0 Å². The van der Waals surface area contributed by atoms with Crippen molar-refractivity contribution >= 4 is 0 Å². The summed E-state index contributed by atoms with van der Waals surface area (Å²) in [5.74, 6) is 1.74. The molecule has 0 saturated heterocycles. The summed E-state index contributed by atoms with van der Waals surface area (Å²) in [6.45, 7) is 8.74. The van der Waals surface area contributed by atoms with Crippen LogP contribution in [-0.4, -0.2) is 13.2 Å². The molecule has 0 aliphatic rings. The Bertz CT molecular complexity index is 674. The Hall–Kier alpha value is -2.98. The molecule has 0 bridgehead atoms. The van der Waals surface area contributed by atoms with Gasteiger partial charge in [-0.05, 0) is 54.8 Å². The third kappa shape index (κ3) is 8.29. The van der Waals surface area contributed by atoms with Gasteiger partial charge < -0.3 is 14.3 Å². The summed E-state index contributed by atoms with van der Waals surface area (Å²) in [5, 5.41) is 8.65. The first-order valence-corrected chi connectivity index (χ1v) is 9.45. The smallest absolute Gasteiger partial charge is 0.239 e.